The second-order valence-corrected chi connectivity index (χ2v) is 3.09. The van der Waals surface area contributed by atoms with Crippen molar-refractivity contribution in [3.05, 3.63) is 35.4 Å². The van der Waals surface area contributed by atoms with Gasteiger partial charge in [0.05, 0.1) is 7.18 Å². The first-order valence-corrected chi connectivity index (χ1v) is 4.76. The maximum absolute atomic E-state index is 9.50. The monoisotopic (exact) mass is 182 g/mol. The Kier molecular flexibility index (Phi) is 7.27. The Morgan fingerprint density at radius 2 is 1.62 bits per heavy atom. The van der Waals surface area contributed by atoms with Crippen molar-refractivity contribution in [2.24, 2.45) is 0 Å². The van der Waals surface area contributed by atoms with Gasteiger partial charge in [-0.15, -0.1) is 0 Å². The number of halogens is 1. The van der Waals surface area contributed by atoms with Crippen LogP contribution in [-0.4, -0.2) is 7.18 Å². The molecule has 0 spiro atoms. The minimum absolute atomic E-state index is 0.500. The molecule has 13 heavy (non-hydrogen) atoms. The molecule has 0 N–H and O–H groups in total. The van der Waals surface area contributed by atoms with Crippen LogP contribution in [0.1, 0.15) is 30.9 Å². The van der Waals surface area contributed by atoms with Crippen LogP contribution in [0.25, 0.3) is 0 Å². The average molecular weight is 182 g/mol. The van der Waals surface area contributed by atoms with E-state index in [1.54, 1.807) is 0 Å². The molecule has 0 heterocycles. The number of hydrogen-bond acceptors (Lipinski definition) is 0. The minimum Gasteiger partial charge on any atom is -0.255 e. The average Bonchev–Trinajstić information content (AvgIpc) is 2.20. The molecule has 1 aromatic rings. The molecule has 1 heteroatoms. The quantitative estimate of drug-likeness (QED) is 0.664. The van der Waals surface area contributed by atoms with Crippen LogP contribution < -0.4 is 0 Å². The van der Waals surface area contributed by atoms with E-state index in [1.165, 1.54) is 30.4 Å². The maximum Gasteiger partial charge on any atom is 0.0785 e. The van der Waals surface area contributed by atoms with Crippen molar-refractivity contribution in [1.29, 1.82) is 0 Å². The highest BCUT2D eigenvalue weighted by molar-refractivity contribution is 5.21. The third-order valence-electron chi connectivity index (χ3n) is 1.94. The molecule has 0 saturated heterocycles. The van der Waals surface area contributed by atoms with Gasteiger partial charge >= 0.3 is 0 Å². The molecular weight excluding hydrogens is 163 g/mol. The molecule has 0 nitrogen and oxygen atoms in total. The molecule has 74 valence electrons. The van der Waals surface area contributed by atoms with Crippen molar-refractivity contribution in [3.8, 4) is 0 Å². The summed E-state index contributed by atoms with van der Waals surface area (Å²) in [5.74, 6) is 0. The summed E-state index contributed by atoms with van der Waals surface area (Å²) in [5.41, 5.74) is 2.82. The van der Waals surface area contributed by atoms with E-state index < -0.39 is 0 Å². The van der Waals surface area contributed by atoms with Gasteiger partial charge in [-0.25, -0.2) is 0 Å². The smallest absolute Gasteiger partial charge is 0.0785 e. The molecule has 1 rings (SSSR count). The largest absolute Gasteiger partial charge is 0.255 e. The predicted octanol–water partition coefficient (Wildman–Crippen LogP) is 3.92. The highest BCUT2D eigenvalue weighted by Gasteiger charge is 1.90. The van der Waals surface area contributed by atoms with Gasteiger partial charge in [0.2, 0.25) is 0 Å². The fraction of sp³-hybridized carbons (Fsp3) is 0.500. The number of rotatable bonds is 3. The Morgan fingerprint density at radius 1 is 1.08 bits per heavy atom. The maximum atomic E-state index is 9.50. The van der Waals surface area contributed by atoms with Crippen LogP contribution in [0, 0.1) is 6.92 Å². The molecule has 0 saturated carbocycles. The van der Waals surface area contributed by atoms with Gasteiger partial charge in [-0.05, 0) is 25.3 Å². The second kappa shape index (κ2) is 7.78. The highest BCUT2D eigenvalue weighted by atomic mass is 19.1. The lowest BCUT2D eigenvalue weighted by molar-refractivity contribution is 0.636. The van der Waals surface area contributed by atoms with E-state index in [2.05, 4.69) is 38.1 Å². The number of unbranched alkanes of at least 4 members (excludes halogenated alkanes) is 1. The Bertz CT molecular complexity index is 201. The molecule has 0 aliphatic heterocycles. The molecule has 1 aromatic carbocycles. The Hall–Kier alpha value is -0.850. The molecule has 0 radical (unpaired) electrons. The lowest BCUT2D eigenvalue weighted by Gasteiger charge is -1.99. The molecular formula is C12H19F. The van der Waals surface area contributed by atoms with Crippen LogP contribution in [0.3, 0.4) is 0 Å². The summed E-state index contributed by atoms with van der Waals surface area (Å²) in [6.45, 7) is 4.36. The summed E-state index contributed by atoms with van der Waals surface area (Å²) < 4.78 is 9.50. The lowest BCUT2D eigenvalue weighted by Crippen LogP contribution is -1.83. The van der Waals surface area contributed by atoms with Crippen LogP contribution in [-0.2, 0) is 6.42 Å². The standard InChI is InChI=1S/C11H16.CH3F/c1-3-4-5-11-8-6-10(2)7-9-11;1-2/h6-9H,3-5H2,1-2H3;1H3. The van der Waals surface area contributed by atoms with Gasteiger partial charge < -0.3 is 0 Å². The van der Waals surface area contributed by atoms with Crippen molar-refractivity contribution in [1.82, 2.24) is 0 Å². The van der Waals surface area contributed by atoms with Gasteiger partial charge in [-0.3, -0.25) is 4.39 Å². The Labute approximate surface area is 80.8 Å². The normalized spacial score (nSPS) is 8.92. The molecule has 0 unspecified atom stereocenters. The molecule has 0 atom stereocenters. The fourth-order valence-electron chi connectivity index (χ4n) is 1.14. The van der Waals surface area contributed by atoms with Crippen LogP contribution in [0.2, 0.25) is 0 Å². The van der Waals surface area contributed by atoms with Gasteiger partial charge in [0, 0.05) is 0 Å². The third kappa shape index (κ3) is 5.40. The van der Waals surface area contributed by atoms with E-state index in [1.807, 2.05) is 0 Å². The van der Waals surface area contributed by atoms with E-state index in [-0.39, 0.29) is 0 Å². The van der Waals surface area contributed by atoms with Gasteiger partial charge in [0.25, 0.3) is 0 Å². The number of aryl methyl sites for hydroxylation is 2. The van der Waals surface area contributed by atoms with Gasteiger partial charge in [0.1, 0.15) is 0 Å². The van der Waals surface area contributed by atoms with Crippen LogP contribution in [0.5, 0.6) is 0 Å². The van der Waals surface area contributed by atoms with E-state index in [0.29, 0.717) is 7.18 Å². The summed E-state index contributed by atoms with van der Waals surface area (Å²) in [5, 5.41) is 0. The highest BCUT2D eigenvalue weighted by Crippen LogP contribution is 2.06. The number of benzene rings is 1. The van der Waals surface area contributed by atoms with Crippen LogP contribution in [0.15, 0.2) is 24.3 Å². The zero-order chi connectivity index (χ0) is 10.1. The molecule has 0 amide bonds. The summed E-state index contributed by atoms with van der Waals surface area (Å²) in [6.07, 6.45) is 3.83. The predicted molar refractivity (Wildman–Crippen MR) is 56.8 cm³/mol. The zero-order valence-electron chi connectivity index (χ0n) is 8.81. The first kappa shape index (κ1) is 12.2. The molecule has 0 aromatic heterocycles. The molecule has 0 fully saturated rings. The zero-order valence-corrected chi connectivity index (χ0v) is 8.81. The number of alkyl halides is 1. The fourth-order valence-corrected chi connectivity index (χ4v) is 1.14. The second-order valence-electron chi connectivity index (χ2n) is 3.09. The van der Waals surface area contributed by atoms with Crippen molar-refractivity contribution in [2.45, 2.75) is 33.1 Å². The van der Waals surface area contributed by atoms with E-state index >= 15 is 0 Å². The minimum atomic E-state index is 0.500. The van der Waals surface area contributed by atoms with Crippen molar-refractivity contribution >= 4 is 0 Å². The van der Waals surface area contributed by atoms with E-state index in [9.17, 15) is 4.39 Å². The summed E-state index contributed by atoms with van der Waals surface area (Å²) in [4.78, 5) is 0. The lowest BCUT2D eigenvalue weighted by atomic mass is 10.1. The van der Waals surface area contributed by atoms with Crippen molar-refractivity contribution in [2.75, 3.05) is 7.18 Å². The summed E-state index contributed by atoms with van der Waals surface area (Å²) in [6, 6.07) is 8.83. The molecule has 0 aliphatic carbocycles. The third-order valence-corrected chi connectivity index (χ3v) is 1.94. The van der Waals surface area contributed by atoms with Crippen molar-refractivity contribution < 1.29 is 4.39 Å². The Balaban J connectivity index is 0.000000671. The first-order chi connectivity index (χ1) is 6.33. The van der Waals surface area contributed by atoms with E-state index in [0.717, 1.165) is 0 Å². The SMILES string of the molecule is CCCCc1ccc(C)cc1.CF. The van der Waals surface area contributed by atoms with Crippen LogP contribution in [0.4, 0.5) is 4.39 Å². The topological polar surface area (TPSA) is 0 Å². The summed E-state index contributed by atoms with van der Waals surface area (Å²) in [7, 11) is 0.500. The number of hydrogen-bond donors (Lipinski definition) is 0. The van der Waals surface area contributed by atoms with Gasteiger partial charge in [0.15, 0.2) is 0 Å². The van der Waals surface area contributed by atoms with Crippen LogP contribution >= 0.6 is 0 Å². The van der Waals surface area contributed by atoms with Crippen molar-refractivity contribution in [3.63, 3.8) is 0 Å². The van der Waals surface area contributed by atoms with Gasteiger partial charge in [-0.1, -0.05) is 43.2 Å². The summed E-state index contributed by atoms with van der Waals surface area (Å²) >= 11 is 0. The Morgan fingerprint density at radius 3 is 2.08 bits per heavy atom. The first-order valence-electron chi connectivity index (χ1n) is 4.76. The molecule has 0 aliphatic rings. The van der Waals surface area contributed by atoms with Gasteiger partial charge in [-0.2, -0.15) is 0 Å². The van der Waals surface area contributed by atoms with E-state index in [4.69, 9.17) is 0 Å². The molecule has 0 bridgehead atoms.